The maximum absolute atomic E-state index is 11.8. The lowest BCUT2D eigenvalue weighted by Crippen LogP contribution is -2.38. The number of aryl methyl sites for hydroxylation is 1. The second-order valence-corrected chi connectivity index (χ2v) is 5.61. The van der Waals surface area contributed by atoms with Gasteiger partial charge in [0.1, 0.15) is 5.75 Å². The van der Waals surface area contributed by atoms with Crippen LogP contribution in [0.1, 0.15) is 54.4 Å². The van der Waals surface area contributed by atoms with Crippen molar-refractivity contribution in [2.45, 2.75) is 51.0 Å². The van der Waals surface area contributed by atoms with Gasteiger partial charge in [0.2, 0.25) is 0 Å². The number of ether oxygens (including phenoxy) is 1. The third-order valence-electron chi connectivity index (χ3n) is 4.14. The van der Waals surface area contributed by atoms with E-state index in [9.17, 15) is 9.59 Å². The van der Waals surface area contributed by atoms with E-state index in [0.717, 1.165) is 37.7 Å². The number of fused-ring (bicyclic) bond motifs is 1. The number of hydrogen-bond acceptors (Lipinski definition) is 3. The highest BCUT2D eigenvalue weighted by Crippen LogP contribution is 2.26. The van der Waals surface area contributed by atoms with Gasteiger partial charge in [-0.15, -0.1) is 0 Å². The Hall–Kier alpha value is -1.84. The van der Waals surface area contributed by atoms with Crippen molar-refractivity contribution in [2.24, 2.45) is 0 Å². The highest BCUT2D eigenvalue weighted by atomic mass is 16.6. The standard InChI is InChI=1S/C16H19NO3/c18-15-9-7-11-6-8-13(10-14(11)15)20-16(19)17-12-4-2-1-3-5-12/h6,8,10,12H,1-5,7,9H2,(H,17,19). The lowest BCUT2D eigenvalue weighted by molar-refractivity contribution is 0.0994. The number of benzene rings is 1. The minimum atomic E-state index is -0.415. The molecule has 0 aliphatic heterocycles. The molecule has 4 heteroatoms. The Bertz CT molecular complexity index is 533. The van der Waals surface area contributed by atoms with E-state index in [1.165, 1.54) is 6.42 Å². The fourth-order valence-electron chi connectivity index (χ4n) is 3.03. The fourth-order valence-corrected chi connectivity index (χ4v) is 3.03. The van der Waals surface area contributed by atoms with Gasteiger partial charge in [-0.2, -0.15) is 0 Å². The molecule has 1 saturated carbocycles. The summed E-state index contributed by atoms with van der Waals surface area (Å²) in [7, 11) is 0. The number of carbonyl (C=O) groups is 2. The summed E-state index contributed by atoms with van der Waals surface area (Å²) in [6.45, 7) is 0. The van der Waals surface area contributed by atoms with Crippen molar-refractivity contribution in [1.29, 1.82) is 0 Å². The summed E-state index contributed by atoms with van der Waals surface area (Å²) in [6, 6.07) is 5.55. The Balaban J connectivity index is 1.61. The van der Waals surface area contributed by atoms with Gasteiger partial charge in [0.25, 0.3) is 0 Å². The molecule has 2 aliphatic carbocycles. The van der Waals surface area contributed by atoms with Gasteiger partial charge in [0, 0.05) is 18.0 Å². The number of Topliss-reactive ketones (excluding diaryl/α,β-unsaturated/α-hetero) is 1. The van der Waals surface area contributed by atoms with Gasteiger partial charge in [-0.05, 0) is 37.0 Å². The average molecular weight is 273 g/mol. The SMILES string of the molecule is O=C(NC1CCCCC1)Oc1ccc2c(c1)C(=O)CC2. The van der Waals surface area contributed by atoms with Crippen LogP contribution in [-0.4, -0.2) is 17.9 Å². The van der Waals surface area contributed by atoms with E-state index in [1.807, 2.05) is 6.07 Å². The second-order valence-electron chi connectivity index (χ2n) is 5.61. The molecular formula is C16H19NO3. The molecule has 0 saturated heterocycles. The minimum Gasteiger partial charge on any atom is -0.410 e. The van der Waals surface area contributed by atoms with Crippen LogP contribution < -0.4 is 10.1 Å². The van der Waals surface area contributed by atoms with E-state index < -0.39 is 6.09 Å². The largest absolute Gasteiger partial charge is 0.412 e. The summed E-state index contributed by atoms with van der Waals surface area (Å²) in [5.74, 6) is 0.588. The Morgan fingerprint density at radius 2 is 1.95 bits per heavy atom. The number of rotatable bonds is 2. The molecule has 1 fully saturated rings. The van der Waals surface area contributed by atoms with E-state index >= 15 is 0 Å². The van der Waals surface area contributed by atoms with E-state index in [-0.39, 0.29) is 11.8 Å². The molecule has 3 rings (SSSR count). The van der Waals surface area contributed by atoms with Gasteiger partial charge in [-0.3, -0.25) is 4.79 Å². The highest BCUT2D eigenvalue weighted by molar-refractivity contribution is 6.00. The van der Waals surface area contributed by atoms with Crippen molar-refractivity contribution in [2.75, 3.05) is 0 Å². The molecule has 0 aromatic heterocycles. The molecule has 0 spiro atoms. The first-order chi connectivity index (χ1) is 9.72. The van der Waals surface area contributed by atoms with Crippen LogP contribution >= 0.6 is 0 Å². The first-order valence-electron chi connectivity index (χ1n) is 7.37. The molecule has 0 unspecified atom stereocenters. The van der Waals surface area contributed by atoms with Crippen molar-refractivity contribution in [1.82, 2.24) is 5.32 Å². The van der Waals surface area contributed by atoms with Gasteiger partial charge < -0.3 is 10.1 Å². The number of amides is 1. The van der Waals surface area contributed by atoms with E-state index in [0.29, 0.717) is 17.7 Å². The van der Waals surface area contributed by atoms with E-state index in [2.05, 4.69) is 5.32 Å². The molecule has 0 radical (unpaired) electrons. The molecular weight excluding hydrogens is 254 g/mol. The fraction of sp³-hybridized carbons (Fsp3) is 0.500. The molecule has 2 aliphatic rings. The van der Waals surface area contributed by atoms with Gasteiger partial charge in [-0.1, -0.05) is 25.3 Å². The molecule has 0 heterocycles. The van der Waals surface area contributed by atoms with Crippen LogP contribution in [0, 0.1) is 0 Å². The molecule has 20 heavy (non-hydrogen) atoms. The molecule has 1 aromatic rings. The van der Waals surface area contributed by atoms with Gasteiger partial charge >= 0.3 is 6.09 Å². The molecule has 1 N–H and O–H groups in total. The molecule has 1 amide bonds. The normalized spacial score (nSPS) is 18.7. The van der Waals surface area contributed by atoms with E-state index in [1.54, 1.807) is 12.1 Å². The minimum absolute atomic E-state index is 0.137. The average Bonchev–Trinajstić information content (AvgIpc) is 2.81. The quantitative estimate of drug-likeness (QED) is 0.900. The maximum atomic E-state index is 11.8. The summed E-state index contributed by atoms with van der Waals surface area (Å²) in [5, 5.41) is 2.90. The maximum Gasteiger partial charge on any atom is 0.412 e. The molecule has 0 atom stereocenters. The summed E-state index contributed by atoms with van der Waals surface area (Å²) >= 11 is 0. The Labute approximate surface area is 118 Å². The summed E-state index contributed by atoms with van der Waals surface area (Å²) in [4.78, 5) is 23.5. The number of ketones is 1. The van der Waals surface area contributed by atoms with Gasteiger partial charge in [0.05, 0.1) is 0 Å². The van der Waals surface area contributed by atoms with Crippen LogP contribution in [0.25, 0.3) is 0 Å². The third-order valence-corrected chi connectivity index (χ3v) is 4.14. The highest BCUT2D eigenvalue weighted by Gasteiger charge is 2.21. The van der Waals surface area contributed by atoms with Crippen LogP contribution in [-0.2, 0) is 6.42 Å². The van der Waals surface area contributed by atoms with Crippen LogP contribution in [0.4, 0.5) is 4.79 Å². The first kappa shape index (κ1) is 13.2. The molecule has 4 nitrogen and oxygen atoms in total. The first-order valence-corrected chi connectivity index (χ1v) is 7.37. The Morgan fingerprint density at radius 1 is 1.15 bits per heavy atom. The lowest BCUT2D eigenvalue weighted by Gasteiger charge is -2.22. The smallest absolute Gasteiger partial charge is 0.410 e. The summed E-state index contributed by atoms with van der Waals surface area (Å²) < 4.78 is 5.29. The molecule has 106 valence electrons. The van der Waals surface area contributed by atoms with Gasteiger partial charge in [0.15, 0.2) is 5.78 Å². The van der Waals surface area contributed by atoms with Crippen molar-refractivity contribution in [3.63, 3.8) is 0 Å². The van der Waals surface area contributed by atoms with Crippen LogP contribution in [0.15, 0.2) is 18.2 Å². The van der Waals surface area contributed by atoms with Crippen molar-refractivity contribution in [3.05, 3.63) is 29.3 Å². The lowest BCUT2D eigenvalue weighted by atomic mass is 9.96. The summed E-state index contributed by atoms with van der Waals surface area (Å²) in [6.07, 6.45) is 6.57. The zero-order chi connectivity index (χ0) is 13.9. The number of hydrogen-bond donors (Lipinski definition) is 1. The van der Waals surface area contributed by atoms with Crippen molar-refractivity contribution >= 4 is 11.9 Å². The topological polar surface area (TPSA) is 55.4 Å². The predicted octanol–water partition coefficient (Wildman–Crippen LogP) is 3.24. The molecule has 0 bridgehead atoms. The number of nitrogens with one attached hydrogen (secondary N) is 1. The zero-order valence-corrected chi connectivity index (χ0v) is 11.5. The monoisotopic (exact) mass is 273 g/mol. The van der Waals surface area contributed by atoms with Crippen molar-refractivity contribution < 1.29 is 14.3 Å². The second kappa shape index (κ2) is 5.65. The van der Waals surface area contributed by atoms with Gasteiger partial charge in [-0.25, -0.2) is 4.79 Å². The third kappa shape index (κ3) is 2.84. The zero-order valence-electron chi connectivity index (χ0n) is 11.5. The van der Waals surface area contributed by atoms with Crippen molar-refractivity contribution in [3.8, 4) is 5.75 Å². The predicted molar refractivity (Wildman–Crippen MR) is 75.1 cm³/mol. The molecule has 1 aromatic carbocycles. The Morgan fingerprint density at radius 3 is 2.75 bits per heavy atom. The van der Waals surface area contributed by atoms with Crippen LogP contribution in [0.2, 0.25) is 0 Å². The van der Waals surface area contributed by atoms with E-state index in [4.69, 9.17) is 4.74 Å². The Kier molecular flexibility index (Phi) is 3.72. The summed E-state index contributed by atoms with van der Waals surface area (Å²) in [5.41, 5.74) is 1.75. The van der Waals surface area contributed by atoms with Crippen LogP contribution in [0.3, 0.4) is 0 Å². The van der Waals surface area contributed by atoms with Crippen LogP contribution in [0.5, 0.6) is 5.75 Å². The number of carbonyl (C=O) groups excluding carboxylic acids is 2.